The Kier molecular flexibility index (Phi) is 4.87. The minimum atomic E-state index is -0.877. The summed E-state index contributed by atoms with van der Waals surface area (Å²) in [7, 11) is 0. The van der Waals surface area contributed by atoms with Crippen molar-refractivity contribution in [3.63, 3.8) is 0 Å². The van der Waals surface area contributed by atoms with Gasteiger partial charge in [0.1, 0.15) is 5.82 Å². The van der Waals surface area contributed by atoms with Crippen LogP contribution in [0.2, 0.25) is 0 Å². The number of hydrogen-bond donors (Lipinski definition) is 2. The summed E-state index contributed by atoms with van der Waals surface area (Å²) in [5.41, 5.74) is 1.76. The van der Waals surface area contributed by atoms with E-state index in [0.29, 0.717) is 19.0 Å². The van der Waals surface area contributed by atoms with Gasteiger partial charge in [-0.1, -0.05) is 0 Å². The highest BCUT2D eigenvalue weighted by Crippen LogP contribution is 2.24. The maximum Gasteiger partial charge on any atom is 0.407 e. The highest BCUT2D eigenvalue weighted by atomic mass is 16.4. The second-order valence-corrected chi connectivity index (χ2v) is 6.63. The Morgan fingerprint density at radius 3 is 2.92 bits per heavy atom. The van der Waals surface area contributed by atoms with Crippen LogP contribution in [0, 0.1) is 6.92 Å². The van der Waals surface area contributed by atoms with Gasteiger partial charge in [-0.15, -0.1) is 0 Å². The molecule has 0 spiro atoms. The van der Waals surface area contributed by atoms with Crippen LogP contribution in [0.4, 0.5) is 10.7 Å². The van der Waals surface area contributed by atoms with Gasteiger partial charge in [-0.3, -0.25) is 0 Å². The average Bonchev–Trinajstić information content (AvgIpc) is 2.97. The molecule has 0 aromatic carbocycles. The van der Waals surface area contributed by atoms with Crippen molar-refractivity contribution in [2.75, 3.05) is 18.4 Å². The normalized spacial score (nSPS) is 17.8. The second kappa shape index (κ2) is 7.08. The largest absolute Gasteiger partial charge is 0.465 e. The molecular weight excluding hydrogens is 320 g/mol. The number of likely N-dealkylation sites (tertiary alicyclic amines) is 1. The molecule has 2 aromatic heterocycles. The molecule has 1 fully saturated rings. The number of carbonyl (C=O) groups is 1. The van der Waals surface area contributed by atoms with Crippen LogP contribution in [-0.2, 0) is 0 Å². The van der Waals surface area contributed by atoms with E-state index in [9.17, 15) is 4.79 Å². The first-order valence-corrected chi connectivity index (χ1v) is 8.57. The minimum absolute atomic E-state index is 0.0249. The van der Waals surface area contributed by atoms with Crippen LogP contribution in [0.3, 0.4) is 0 Å². The molecule has 3 heterocycles. The minimum Gasteiger partial charge on any atom is -0.465 e. The number of aryl methyl sites for hydroxylation is 1. The fourth-order valence-electron chi connectivity index (χ4n) is 3.32. The summed E-state index contributed by atoms with van der Waals surface area (Å²) >= 11 is 0. The summed E-state index contributed by atoms with van der Waals surface area (Å²) in [5, 5.41) is 12.4. The summed E-state index contributed by atoms with van der Waals surface area (Å²) in [6.45, 7) is 7.24. The highest BCUT2D eigenvalue weighted by molar-refractivity contribution is 5.65. The number of piperidine rings is 1. The molecule has 3 rings (SSSR count). The lowest BCUT2D eigenvalue weighted by Gasteiger charge is -2.31. The Balaban J connectivity index is 1.79. The smallest absolute Gasteiger partial charge is 0.407 e. The Hall–Kier alpha value is -2.64. The van der Waals surface area contributed by atoms with Crippen LogP contribution in [0.15, 0.2) is 18.5 Å². The Labute approximate surface area is 146 Å². The molecule has 2 N–H and O–H groups in total. The number of nitrogens with zero attached hydrogens (tertiary/aromatic N) is 5. The first-order chi connectivity index (χ1) is 12.0. The Morgan fingerprint density at radius 1 is 1.40 bits per heavy atom. The third-order valence-corrected chi connectivity index (χ3v) is 4.44. The number of rotatable bonds is 4. The molecule has 0 saturated carbocycles. The van der Waals surface area contributed by atoms with Crippen molar-refractivity contribution in [2.24, 2.45) is 0 Å². The van der Waals surface area contributed by atoms with E-state index in [2.05, 4.69) is 38.7 Å². The lowest BCUT2D eigenvalue weighted by atomic mass is 10.1. The van der Waals surface area contributed by atoms with Crippen LogP contribution in [0.1, 0.15) is 38.6 Å². The van der Waals surface area contributed by atoms with Gasteiger partial charge in [0.05, 0.1) is 17.6 Å². The molecule has 25 heavy (non-hydrogen) atoms. The quantitative estimate of drug-likeness (QED) is 0.885. The molecular formula is C17H24N6O2. The summed E-state index contributed by atoms with van der Waals surface area (Å²) in [5.74, 6) is 1.46. The van der Waals surface area contributed by atoms with Crippen molar-refractivity contribution in [3.8, 4) is 11.4 Å². The summed E-state index contributed by atoms with van der Waals surface area (Å²) in [6, 6.07) is 2.17. The van der Waals surface area contributed by atoms with Gasteiger partial charge < -0.3 is 19.9 Å². The van der Waals surface area contributed by atoms with E-state index in [1.54, 1.807) is 6.20 Å². The maximum absolute atomic E-state index is 11.2. The third-order valence-electron chi connectivity index (χ3n) is 4.44. The molecule has 0 aliphatic carbocycles. The van der Waals surface area contributed by atoms with Crippen molar-refractivity contribution in [1.29, 1.82) is 0 Å². The van der Waals surface area contributed by atoms with Gasteiger partial charge in [0.25, 0.3) is 0 Å². The van der Waals surface area contributed by atoms with Crippen molar-refractivity contribution in [3.05, 3.63) is 24.3 Å². The maximum atomic E-state index is 11.2. The van der Waals surface area contributed by atoms with Gasteiger partial charge >= 0.3 is 6.09 Å². The second-order valence-electron chi connectivity index (χ2n) is 6.63. The zero-order chi connectivity index (χ0) is 18.0. The van der Waals surface area contributed by atoms with Gasteiger partial charge in [0, 0.05) is 31.4 Å². The molecule has 8 heteroatoms. The fraction of sp³-hybridized carbons (Fsp3) is 0.529. The Morgan fingerprint density at radius 2 is 2.20 bits per heavy atom. The van der Waals surface area contributed by atoms with Crippen LogP contribution < -0.4 is 5.32 Å². The molecule has 0 unspecified atom stereocenters. The number of hydrogen-bond acceptors (Lipinski definition) is 5. The predicted octanol–water partition coefficient (Wildman–Crippen LogP) is 2.78. The zero-order valence-electron chi connectivity index (χ0n) is 14.8. The molecule has 1 amide bonds. The molecule has 0 radical (unpaired) electrons. The number of carboxylic acid groups (broad SMARTS) is 1. The lowest BCUT2D eigenvalue weighted by Crippen LogP contribution is -2.44. The monoisotopic (exact) mass is 344 g/mol. The molecule has 1 aliphatic heterocycles. The third kappa shape index (κ3) is 3.72. The molecule has 1 saturated heterocycles. The standard InChI is InChI=1S/C17H24N6O2/c1-11(2)23-12(3)19-9-15(23)14-6-7-18-16(21-14)20-13-5-4-8-22(10-13)17(24)25/h6-7,9,11,13H,4-5,8,10H2,1-3H3,(H,24,25)(H,18,20,21)/t13-/m0/s1. The van der Waals surface area contributed by atoms with Crippen LogP contribution in [0.5, 0.6) is 0 Å². The van der Waals surface area contributed by atoms with Crippen LogP contribution in [0.25, 0.3) is 11.4 Å². The number of aromatic nitrogens is 4. The highest BCUT2D eigenvalue weighted by Gasteiger charge is 2.23. The van der Waals surface area contributed by atoms with Gasteiger partial charge in [-0.2, -0.15) is 0 Å². The van der Waals surface area contributed by atoms with Crippen molar-refractivity contribution >= 4 is 12.0 Å². The van der Waals surface area contributed by atoms with Gasteiger partial charge in [-0.05, 0) is 39.7 Å². The molecule has 1 atom stereocenters. The lowest BCUT2D eigenvalue weighted by molar-refractivity contribution is 0.132. The average molecular weight is 344 g/mol. The van der Waals surface area contributed by atoms with Gasteiger partial charge in [0.15, 0.2) is 0 Å². The Bertz CT molecular complexity index is 757. The van der Waals surface area contributed by atoms with Crippen LogP contribution >= 0.6 is 0 Å². The van der Waals surface area contributed by atoms with E-state index in [1.165, 1.54) is 4.90 Å². The number of amides is 1. The molecule has 134 valence electrons. The SMILES string of the molecule is Cc1ncc(-c2ccnc(N[C@H]3CCCN(C(=O)O)C3)n2)n1C(C)C. The van der Waals surface area contributed by atoms with Gasteiger partial charge in [0.2, 0.25) is 5.95 Å². The number of nitrogens with one attached hydrogen (secondary N) is 1. The van der Waals surface area contributed by atoms with Crippen molar-refractivity contribution < 1.29 is 9.90 Å². The topological polar surface area (TPSA) is 96.2 Å². The van der Waals surface area contributed by atoms with Crippen LogP contribution in [-0.4, -0.2) is 54.8 Å². The van der Waals surface area contributed by atoms with E-state index in [0.717, 1.165) is 30.1 Å². The summed E-state index contributed by atoms with van der Waals surface area (Å²) in [6.07, 6.45) is 4.41. The molecule has 1 aliphatic rings. The fourth-order valence-corrected chi connectivity index (χ4v) is 3.32. The van der Waals surface area contributed by atoms with Crippen molar-refractivity contribution in [2.45, 2.75) is 45.7 Å². The van der Waals surface area contributed by atoms with Crippen molar-refractivity contribution in [1.82, 2.24) is 24.4 Å². The number of anilines is 1. The van der Waals surface area contributed by atoms with E-state index in [4.69, 9.17) is 5.11 Å². The molecule has 0 bridgehead atoms. The predicted molar refractivity (Wildman–Crippen MR) is 94.6 cm³/mol. The zero-order valence-corrected chi connectivity index (χ0v) is 14.8. The van der Waals surface area contributed by atoms with E-state index < -0.39 is 6.09 Å². The first kappa shape index (κ1) is 17.2. The van der Waals surface area contributed by atoms with E-state index >= 15 is 0 Å². The first-order valence-electron chi connectivity index (χ1n) is 8.57. The molecule has 8 nitrogen and oxygen atoms in total. The summed E-state index contributed by atoms with van der Waals surface area (Å²) < 4.78 is 2.14. The molecule has 2 aromatic rings. The summed E-state index contributed by atoms with van der Waals surface area (Å²) in [4.78, 5) is 25.9. The van der Waals surface area contributed by atoms with Gasteiger partial charge in [-0.25, -0.2) is 19.7 Å². The van der Waals surface area contributed by atoms with E-state index in [1.807, 2.05) is 19.2 Å². The number of imidazole rings is 1. The van der Waals surface area contributed by atoms with E-state index in [-0.39, 0.29) is 12.1 Å².